The number of nitrogens with zero attached hydrogens (tertiary/aromatic N) is 3. The van der Waals surface area contributed by atoms with Crippen molar-refractivity contribution in [2.45, 2.75) is 64.9 Å². The monoisotopic (exact) mass is 663 g/mol. The van der Waals surface area contributed by atoms with Crippen LogP contribution in [0.2, 0.25) is 0 Å². The molecule has 3 rings (SSSR count). The Balaban J connectivity index is 0.00000361. The Morgan fingerprint density at radius 3 is 2.43 bits per heavy atom. The lowest BCUT2D eigenvalue weighted by Crippen LogP contribution is -2.41. The first-order valence-electron chi connectivity index (χ1n) is 15.2. The van der Waals surface area contributed by atoms with E-state index in [-0.39, 0.29) is 40.1 Å². The van der Waals surface area contributed by atoms with Crippen LogP contribution in [0.3, 0.4) is 0 Å². The summed E-state index contributed by atoms with van der Waals surface area (Å²) in [7, 11) is -0.0972. The first kappa shape index (κ1) is 38.4. The van der Waals surface area contributed by atoms with Gasteiger partial charge in [0.05, 0.1) is 33.6 Å². The minimum Gasteiger partial charge on any atom is -0.378 e. The van der Waals surface area contributed by atoms with E-state index in [1.165, 1.54) is 38.6 Å². The van der Waals surface area contributed by atoms with E-state index in [4.69, 9.17) is 0 Å². The summed E-state index contributed by atoms with van der Waals surface area (Å²) in [5, 5.41) is 6.42. The van der Waals surface area contributed by atoms with Gasteiger partial charge in [0.15, 0.2) is 5.82 Å². The molecule has 1 aliphatic rings. The standard InChI is InChI=1S/C32H39F4N5O2S.C2H6/c1-7-41(14-13-37-28-10-8-9-25(34)19-38-22(28)4)31-27(36)17-23(16-26(35)15-20(2)32(42)40(31)5)21(3)39-29-12-11-24(33)18-30(29)44(6)43;1-2/h8,10-12,15-19,21,28,37,39H,7,9,13-14H2,1-6H3;1-2H3/b10-8?,20-15?,23-17?,25-19+,26-16?,31-27?,38-22?;/t21-,28?,44?;/m1./s1. The molecule has 7 nitrogen and oxygen atoms in total. The first-order valence-corrected chi connectivity index (χ1v) is 16.8. The van der Waals surface area contributed by atoms with E-state index in [9.17, 15) is 17.8 Å². The Labute approximate surface area is 271 Å². The van der Waals surface area contributed by atoms with E-state index in [0.717, 1.165) is 28.8 Å². The van der Waals surface area contributed by atoms with E-state index < -0.39 is 39.9 Å². The van der Waals surface area contributed by atoms with Crippen LogP contribution in [0.15, 0.2) is 75.3 Å². The minimum absolute atomic E-state index is 0.00630. The number of likely N-dealkylation sites (N-methyl/N-ethyl adjacent to an activating group) is 1. The molecule has 0 radical (unpaired) electrons. The number of nitrogens with one attached hydrogen (secondary N) is 2. The van der Waals surface area contributed by atoms with Gasteiger partial charge in [0.25, 0.3) is 5.56 Å². The molecule has 0 saturated heterocycles. The van der Waals surface area contributed by atoms with Gasteiger partial charge in [0.2, 0.25) is 0 Å². The lowest BCUT2D eigenvalue weighted by Gasteiger charge is -2.26. The molecule has 0 saturated carbocycles. The summed E-state index contributed by atoms with van der Waals surface area (Å²) in [6, 6.07) is 6.18. The zero-order valence-electron chi connectivity index (χ0n) is 27.8. The van der Waals surface area contributed by atoms with Gasteiger partial charge in [-0.3, -0.25) is 18.6 Å². The lowest BCUT2D eigenvalue weighted by atomic mass is 10.1. The predicted octanol–water partition coefficient (Wildman–Crippen LogP) is 7.19. The second kappa shape index (κ2) is 18.4. The molecule has 252 valence electrons. The van der Waals surface area contributed by atoms with Crippen LogP contribution in [0.25, 0.3) is 0 Å². The van der Waals surface area contributed by atoms with Gasteiger partial charge in [-0.2, -0.15) is 0 Å². The fourth-order valence-electron chi connectivity index (χ4n) is 4.77. The van der Waals surface area contributed by atoms with Crippen molar-refractivity contribution in [3.05, 3.63) is 99.5 Å². The van der Waals surface area contributed by atoms with Crippen LogP contribution in [-0.2, 0) is 17.8 Å². The number of aromatic nitrogens is 1. The summed E-state index contributed by atoms with van der Waals surface area (Å²) >= 11 is 0. The van der Waals surface area contributed by atoms with Gasteiger partial charge in [-0.25, -0.2) is 17.6 Å². The summed E-state index contributed by atoms with van der Waals surface area (Å²) in [6.45, 7) is 11.7. The fraction of sp³-hybridized carbons (Fsp3) is 0.412. The quantitative estimate of drug-likeness (QED) is 0.208. The maximum atomic E-state index is 16.3. The van der Waals surface area contributed by atoms with Gasteiger partial charge >= 0.3 is 0 Å². The van der Waals surface area contributed by atoms with Crippen LogP contribution < -0.4 is 21.1 Å². The van der Waals surface area contributed by atoms with Crippen molar-refractivity contribution in [3.8, 4) is 0 Å². The summed E-state index contributed by atoms with van der Waals surface area (Å²) in [5.74, 6) is -2.43. The van der Waals surface area contributed by atoms with Gasteiger partial charge in [-0.15, -0.1) is 0 Å². The lowest BCUT2D eigenvalue weighted by molar-refractivity contribution is 0.582. The zero-order valence-corrected chi connectivity index (χ0v) is 28.6. The fourth-order valence-corrected chi connectivity index (χ4v) is 5.49. The molecule has 0 amide bonds. The molecule has 12 heteroatoms. The maximum absolute atomic E-state index is 16.3. The van der Waals surface area contributed by atoms with Gasteiger partial charge < -0.3 is 15.5 Å². The van der Waals surface area contributed by atoms with Crippen LogP contribution in [0.4, 0.5) is 29.1 Å². The van der Waals surface area contributed by atoms with Crippen molar-refractivity contribution in [2.24, 2.45) is 12.0 Å². The minimum atomic E-state index is -1.53. The van der Waals surface area contributed by atoms with Crippen LogP contribution in [0.1, 0.15) is 58.2 Å². The van der Waals surface area contributed by atoms with Gasteiger partial charge in [-0.1, -0.05) is 26.0 Å². The van der Waals surface area contributed by atoms with Crippen LogP contribution in [-0.4, -0.2) is 46.4 Å². The number of anilines is 2. The smallest absolute Gasteiger partial charge is 0.254 e. The molecule has 1 aromatic heterocycles. The molecule has 0 aliphatic carbocycles. The highest BCUT2D eigenvalue weighted by Gasteiger charge is 2.18. The Bertz CT molecular complexity index is 1600. The number of aliphatic imine (C=N–C) groups is 1. The molecule has 1 aliphatic heterocycles. The molecule has 0 spiro atoms. The zero-order chi connectivity index (χ0) is 34.6. The van der Waals surface area contributed by atoms with Gasteiger partial charge in [0, 0.05) is 56.7 Å². The van der Waals surface area contributed by atoms with E-state index in [2.05, 4.69) is 15.6 Å². The van der Waals surface area contributed by atoms with Crippen molar-refractivity contribution in [1.82, 2.24) is 9.88 Å². The topological polar surface area (TPSA) is 78.7 Å². The Hall–Kier alpha value is -3.77. The van der Waals surface area contributed by atoms with Crippen molar-refractivity contribution in [3.63, 3.8) is 0 Å². The van der Waals surface area contributed by atoms with Crippen LogP contribution in [0, 0.1) is 24.4 Å². The highest BCUT2D eigenvalue weighted by molar-refractivity contribution is 7.84. The molecular formula is C34H45F4N5O2S. The molecule has 2 N–H and O–H groups in total. The molecule has 0 fully saturated rings. The van der Waals surface area contributed by atoms with E-state index in [0.29, 0.717) is 31.0 Å². The molecular weight excluding hydrogens is 618 g/mol. The van der Waals surface area contributed by atoms with E-state index >= 15 is 8.78 Å². The van der Waals surface area contributed by atoms with E-state index in [1.807, 2.05) is 26.8 Å². The third kappa shape index (κ3) is 10.7. The largest absolute Gasteiger partial charge is 0.378 e. The molecule has 2 unspecified atom stereocenters. The predicted molar refractivity (Wildman–Crippen MR) is 182 cm³/mol. The summed E-state index contributed by atoms with van der Waals surface area (Å²) in [5.41, 5.74) is 0.709. The average molecular weight is 664 g/mol. The van der Waals surface area contributed by atoms with Crippen molar-refractivity contribution in [1.29, 1.82) is 0 Å². The summed E-state index contributed by atoms with van der Waals surface area (Å²) < 4.78 is 72.2. The third-order valence-electron chi connectivity index (χ3n) is 7.18. The molecule has 1 aromatic carbocycles. The second-order valence-electron chi connectivity index (χ2n) is 10.5. The highest BCUT2D eigenvalue weighted by atomic mass is 32.2. The molecule has 2 aromatic rings. The van der Waals surface area contributed by atoms with Crippen LogP contribution in [0.5, 0.6) is 0 Å². The number of aryl methyl sites for hydroxylation is 1. The number of hydrogen-bond acceptors (Lipinski definition) is 6. The van der Waals surface area contributed by atoms with Crippen LogP contribution >= 0.6 is 0 Å². The molecule has 0 bridgehead atoms. The molecule has 46 heavy (non-hydrogen) atoms. The number of halogens is 4. The second-order valence-corrected chi connectivity index (χ2v) is 11.8. The summed E-state index contributed by atoms with van der Waals surface area (Å²) in [4.78, 5) is 19.3. The maximum Gasteiger partial charge on any atom is 0.254 e. The molecule has 2 heterocycles. The Kier molecular flexibility index (Phi) is 15.4. The van der Waals surface area contributed by atoms with Gasteiger partial charge in [0.1, 0.15) is 23.3 Å². The van der Waals surface area contributed by atoms with Gasteiger partial charge in [-0.05, 0) is 69.7 Å². The normalized spacial score (nSPS) is 16.7. The van der Waals surface area contributed by atoms with Crippen molar-refractivity contribution < 1.29 is 21.8 Å². The number of allylic oxidation sites excluding steroid dienone is 2. The highest BCUT2D eigenvalue weighted by Crippen LogP contribution is 2.27. The number of rotatable bonds is 10. The van der Waals surface area contributed by atoms with Crippen molar-refractivity contribution in [2.75, 3.05) is 36.1 Å². The third-order valence-corrected chi connectivity index (χ3v) is 8.14. The number of hydrogen-bond donors (Lipinski definition) is 2. The number of benzene rings is 1. The average Bonchev–Trinajstić information content (AvgIpc) is 3.01. The first-order chi connectivity index (χ1) is 21.8. The Morgan fingerprint density at radius 2 is 1.78 bits per heavy atom. The van der Waals surface area contributed by atoms with E-state index in [1.54, 1.807) is 24.8 Å². The molecule has 3 atom stereocenters. The SMILES string of the molecule is CC.CCN(CCNC1C=CC/C(F)=C\N=C1C)c1c(F)cc([C@@H](C)Nc2ccc(F)cc2S(C)=O)cc(F)cc(C)c(=O)n1C. The summed E-state index contributed by atoms with van der Waals surface area (Å²) in [6.07, 6.45) is 6.28. The van der Waals surface area contributed by atoms with Crippen molar-refractivity contribution >= 4 is 28.0 Å². The Morgan fingerprint density at radius 1 is 1.09 bits per heavy atom.